The van der Waals surface area contributed by atoms with E-state index < -0.39 is 0 Å². The van der Waals surface area contributed by atoms with E-state index in [0.717, 1.165) is 23.3 Å². The van der Waals surface area contributed by atoms with Gasteiger partial charge in [-0.3, -0.25) is 4.79 Å². The number of hydrogen-bond acceptors (Lipinski definition) is 3. The highest BCUT2D eigenvalue weighted by atomic mass is 35.5. The fraction of sp³-hybridized carbons (Fsp3) is 0.533. The Morgan fingerprint density at radius 1 is 1.45 bits per heavy atom. The van der Waals surface area contributed by atoms with Gasteiger partial charge in [-0.15, -0.1) is 12.4 Å². The molecule has 114 valence electrons. The van der Waals surface area contributed by atoms with Crippen LogP contribution in [0.2, 0.25) is 0 Å². The fourth-order valence-electron chi connectivity index (χ4n) is 1.63. The first kappa shape index (κ1) is 18.7. The van der Waals surface area contributed by atoms with Crippen molar-refractivity contribution in [1.29, 1.82) is 0 Å². The number of nitrogens with two attached hydrogens (primary N) is 1. The molecule has 0 spiro atoms. The van der Waals surface area contributed by atoms with Gasteiger partial charge in [0.1, 0.15) is 5.75 Å². The van der Waals surface area contributed by atoms with Gasteiger partial charge >= 0.3 is 0 Å². The molecule has 0 saturated heterocycles. The second kappa shape index (κ2) is 9.61. The molecule has 0 aliphatic rings. The zero-order chi connectivity index (χ0) is 14.3. The van der Waals surface area contributed by atoms with Crippen molar-refractivity contribution >= 4 is 18.3 Å². The van der Waals surface area contributed by atoms with Crippen molar-refractivity contribution in [2.24, 2.45) is 5.73 Å². The van der Waals surface area contributed by atoms with Gasteiger partial charge in [-0.2, -0.15) is 0 Å². The zero-order valence-electron chi connectivity index (χ0n) is 12.4. The maximum Gasteiger partial charge on any atom is 0.221 e. The van der Waals surface area contributed by atoms with Crippen molar-refractivity contribution in [1.82, 2.24) is 5.32 Å². The summed E-state index contributed by atoms with van der Waals surface area (Å²) in [6.45, 7) is 7.00. The molecular formula is C15H25ClN2O2. The van der Waals surface area contributed by atoms with Crippen LogP contribution in [-0.2, 0) is 11.3 Å². The third kappa shape index (κ3) is 6.26. The molecule has 0 aliphatic heterocycles. The predicted molar refractivity (Wildman–Crippen MR) is 84.3 cm³/mol. The topological polar surface area (TPSA) is 64.3 Å². The summed E-state index contributed by atoms with van der Waals surface area (Å²) >= 11 is 0. The number of hydrogen-bond donors (Lipinski definition) is 2. The average molecular weight is 301 g/mol. The highest BCUT2D eigenvalue weighted by Gasteiger charge is 2.09. The Balaban J connectivity index is 0.00000361. The predicted octanol–water partition coefficient (Wildman–Crippen LogP) is 2.56. The number of ether oxygens (including phenoxy) is 1. The molecule has 5 heteroatoms. The number of nitrogens with one attached hydrogen (secondary N) is 1. The lowest BCUT2D eigenvalue weighted by Crippen LogP contribution is -2.25. The molecule has 0 aromatic heterocycles. The quantitative estimate of drug-likeness (QED) is 0.813. The van der Waals surface area contributed by atoms with E-state index in [9.17, 15) is 4.79 Å². The molecule has 0 saturated carbocycles. The number of halogens is 1. The van der Waals surface area contributed by atoms with Gasteiger partial charge in [-0.05, 0) is 31.9 Å². The van der Waals surface area contributed by atoms with E-state index in [2.05, 4.69) is 12.2 Å². The van der Waals surface area contributed by atoms with Gasteiger partial charge in [0, 0.05) is 25.1 Å². The van der Waals surface area contributed by atoms with Crippen LogP contribution in [0.4, 0.5) is 0 Å². The summed E-state index contributed by atoms with van der Waals surface area (Å²) in [6, 6.07) is 6.03. The third-order valence-electron chi connectivity index (χ3n) is 2.97. The van der Waals surface area contributed by atoms with E-state index in [1.165, 1.54) is 0 Å². The smallest absolute Gasteiger partial charge is 0.221 e. The Morgan fingerprint density at radius 2 is 2.15 bits per heavy atom. The van der Waals surface area contributed by atoms with E-state index in [-0.39, 0.29) is 24.4 Å². The Kier molecular flexibility index (Phi) is 9.01. The molecule has 4 nitrogen and oxygen atoms in total. The lowest BCUT2D eigenvalue weighted by molar-refractivity contribution is -0.121. The lowest BCUT2D eigenvalue weighted by Gasteiger charge is -2.17. The number of carbonyl (C=O) groups is 1. The van der Waals surface area contributed by atoms with Gasteiger partial charge in [0.05, 0.1) is 6.10 Å². The minimum atomic E-state index is -0.0300. The summed E-state index contributed by atoms with van der Waals surface area (Å²) in [5, 5.41) is 2.85. The molecule has 1 unspecified atom stereocenters. The van der Waals surface area contributed by atoms with Gasteiger partial charge < -0.3 is 15.8 Å². The van der Waals surface area contributed by atoms with Crippen molar-refractivity contribution < 1.29 is 9.53 Å². The fourth-order valence-corrected chi connectivity index (χ4v) is 1.63. The normalized spacial score (nSPS) is 11.4. The Labute approximate surface area is 127 Å². The summed E-state index contributed by atoms with van der Waals surface area (Å²) in [7, 11) is 0. The van der Waals surface area contributed by atoms with E-state index >= 15 is 0 Å². The van der Waals surface area contributed by atoms with Crippen LogP contribution in [0.25, 0.3) is 0 Å². The Bertz CT molecular complexity index is 424. The molecular weight excluding hydrogens is 276 g/mol. The summed E-state index contributed by atoms with van der Waals surface area (Å²) in [5.41, 5.74) is 7.49. The molecule has 0 bridgehead atoms. The van der Waals surface area contributed by atoms with Crippen LogP contribution in [-0.4, -0.2) is 18.6 Å². The second-order valence-corrected chi connectivity index (χ2v) is 4.76. The number of benzene rings is 1. The number of aryl methyl sites for hydroxylation is 1. The zero-order valence-corrected chi connectivity index (χ0v) is 13.3. The highest BCUT2D eigenvalue weighted by molar-refractivity contribution is 5.85. The molecule has 0 aliphatic carbocycles. The largest absolute Gasteiger partial charge is 0.490 e. The molecule has 1 amide bonds. The van der Waals surface area contributed by atoms with Gasteiger partial charge in [0.15, 0.2) is 0 Å². The SMILES string of the molecule is CCC(C)Oc1cc(C)ccc1CNC(=O)CCN.Cl. The van der Waals surface area contributed by atoms with Gasteiger partial charge in [0.25, 0.3) is 0 Å². The van der Waals surface area contributed by atoms with Crippen molar-refractivity contribution in [2.45, 2.75) is 46.3 Å². The van der Waals surface area contributed by atoms with Crippen molar-refractivity contribution in [3.63, 3.8) is 0 Å². The number of amides is 1. The maximum atomic E-state index is 11.4. The molecule has 1 rings (SSSR count). The van der Waals surface area contributed by atoms with Crippen LogP contribution in [0.3, 0.4) is 0 Å². The second-order valence-electron chi connectivity index (χ2n) is 4.76. The standard InChI is InChI=1S/C15H24N2O2.ClH/c1-4-12(3)19-14-9-11(2)5-6-13(14)10-17-15(18)7-8-16;/h5-6,9,12H,4,7-8,10,16H2,1-3H3,(H,17,18);1H. The van der Waals surface area contributed by atoms with Crippen molar-refractivity contribution in [3.05, 3.63) is 29.3 Å². The molecule has 1 aromatic carbocycles. The monoisotopic (exact) mass is 300 g/mol. The summed E-state index contributed by atoms with van der Waals surface area (Å²) in [5.74, 6) is 0.819. The summed E-state index contributed by atoms with van der Waals surface area (Å²) in [6.07, 6.45) is 1.47. The number of rotatable bonds is 7. The minimum absolute atomic E-state index is 0. The minimum Gasteiger partial charge on any atom is -0.490 e. The van der Waals surface area contributed by atoms with Gasteiger partial charge in [-0.1, -0.05) is 19.1 Å². The van der Waals surface area contributed by atoms with Crippen LogP contribution < -0.4 is 15.8 Å². The van der Waals surface area contributed by atoms with E-state index in [1.54, 1.807) is 0 Å². The van der Waals surface area contributed by atoms with Crippen molar-refractivity contribution in [3.8, 4) is 5.75 Å². The third-order valence-corrected chi connectivity index (χ3v) is 2.97. The van der Waals surface area contributed by atoms with E-state index in [4.69, 9.17) is 10.5 Å². The summed E-state index contributed by atoms with van der Waals surface area (Å²) in [4.78, 5) is 11.4. The van der Waals surface area contributed by atoms with Crippen molar-refractivity contribution in [2.75, 3.05) is 6.54 Å². The van der Waals surface area contributed by atoms with Gasteiger partial charge in [-0.25, -0.2) is 0 Å². The summed E-state index contributed by atoms with van der Waals surface area (Å²) < 4.78 is 5.89. The van der Waals surface area contributed by atoms with Crippen LogP contribution in [0.1, 0.15) is 37.8 Å². The van der Waals surface area contributed by atoms with Gasteiger partial charge in [0.2, 0.25) is 5.91 Å². The molecule has 1 atom stereocenters. The molecule has 3 N–H and O–H groups in total. The first-order chi connectivity index (χ1) is 9.06. The molecule has 0 fully saturated rings. The first-order valence-electron chi connectivity index (χ1n) is 6.79. The molecule has 20 heavy (non-hydrogen) atoms. The highest BCUT2D eigenvalue weighted by Crippen LogP contribution is 2.22. The van der Waals surface area contributed by atoms with Crippen LogP contribution in [0.5, 0.6) is 5.75 Å². The van der Waals surface area contributed by atoms with Crippen LogP contribution in [0.15, 0.2) is 18.2 Å². The maximum absolute atomic E-state index is 11.4. The average Bonchev–Trinajstić information content (AvgIpc) is 2.38. The van der Waals surface area contributed by atoms with Crippen LogP contribution in [0, 0.1) is 6.92 Å². The van der Waals surface area contributed by atoms with E-state index in [1.807, 2.05) is 32.0 Å². The Hall–Kier alpha value is -1.26. The molecule has 1 aromatic rings. The Morgan fingerprint density at radius 3 is 2.75 bits per heavy atom. The van der Waals surface area contributed by atoms with E-state index in [0.29, 0.717) is 19.5 Å². The molecule has 0 radical (unpaired) electrons. The number of carbonyl (C=O) groups excluding carboxylic acids is 1. The lowest BCUT2D eigenvalue weighted by atomic mass is 10.1. The van der Waals surface area contributed by atoms with Crippen LogP contribution >= 0.6 is 12.4 Å². The molecule has 0 heterocycles. The first-order valence-corrected chi connectivity index (χ1v) is 6.79.